The molecule has 4 heteroatoms. The Kier molecular flexibility index (Phi) is 5.38. The summed E-state index contributed by atoms with van der Waals surface area (Å²) in [6.07, 6.45) is 2.37. The maximum Gasteiger partial charge on any atom is 0.0356 e. The van der Waals surface area contributed by atoms with Crippen LogP contribution >= 0.6 is 0 Å². The Morgan fingerprint density at radius 1 is 1.29 bits per heavy atom. The van der Waals surface area contributed by atoms with Crippen LogP contribution in [0.4, 0.5) is 0 Å². The van der Waals surface area contributed by atoms with Gasteiger partial charge in [0.25, 0.3) is 0 Å². The molecule has 2 unspecified atom stereocenters. The first-order valence-electron chi connectivity index (χ1n) is 6.67. The summed E-state index contributed by atoms with van der Waals surface area (Å²) in [5.41, 5.74) is 6.29. The van der Waals surface area contributed by atoms with Crippen LogP contribution < -0.4 is 5.73 Å². The van der Waals surface area contributed by atoms with Crippen molar-refractivity contribution in [2.75, 3.05) is 54.4 Å². The van der Waals surface area contributed by atoms with Gasteiger partial charge in [-0.25, -0.2) is 0 Å². The molecular formula is C13H30N4. The third-order valence-electron chi connectivity index (χ3n) is 4.43. The van der Waals surface area contributed by atoms with Gasteiger partial charge < -0.3 is 15.5 Å². The molecule has 0 aromatic carbocycles. The van der Waals surface area contributed by atoms with Crippen molar-refractivity contribution >= 4 is 0 Å². The third kappa shape index (κ3) is 3.65. The fourth-order valence-corrected chi connectivity index (χ4v) is 2.69. The van der Waals surface area contributed by atoms with Crippen LogP contribution in [0.15, 0.2) is 0 Å². The summed E-state index contributed by atoms with van der Waals surface area (Å²) in [5.74, 6) is 0. The first-order chi connectivity index (χ1) is 7.91. The highest BCUT2D eigenvalue weighted by Crippen LogP contribution is 2.29. The summed E-state index contributed by atoms with van der Waals surface area (Å²) >= 11 is 0. The molecule has 0 aromatic heterocycles. The van der Waals surface area contributed by atoms with Gasteiger partial charge in [-0.1, -0.05) is 0 Å². The Morgan fingerprint density at radius 3 is 2.41 bits per heavy atom. The summed E-state index contributed by atoms with van der Waals surface area (Å²) in [5, 5.41) is 0. The fraction of sp³-hybridized carbons (Fsp3) is 1.00. The van der Waals surface area contributed by atoms with E-state index in [1.165, 1.54) is 12.8 Å². The molecule has 0 bridgehead atoms. The van der Waals surface area contributed by atoms with Gasteiger partial charge in [0.05, 0.1) is 0 Å². The van der Waals surface area contributed by atoms with Crippen molar-refractivity contribution < 1.29 is 0 Å². The molecule has 0 aliphatic carbocycles. The van der Waals surface area contributed by atoms with Gasteiger partial charge >= 0.3 is 0 Å². The number of rotatable bonds is 5. The van der Waals surface area contributed by atoms with Crippen LogP contribution in [0.1, 0.15) is 19.8 Å². The first-order valence-corrected chi connectivity index (χ1v) is 6.67. The SMILES string of the molecule is CC1CC(CN)(N(C)CCN(C)C)CCN1C. The lowest BCUT2D eigenvalue weighted by Gasteiger charge is -2.49. The Labute approximate surface area is 107 Å². The van der Waals surface area contributed by atoms with Crippen molar-refractivity contribution in [2.24, 2.45) is 5.73 Å². The highest BCUT2D eigenvalue weighted by molar-refractivity contribution is 4.97. The van der Waals surface area contributed by atoms with Crippen molar-refractivity contribution in [3.63, 3.8) is 0 Å². The lowest BCUT2D eigenvalue weighted by atomic mass is 9.82. The van der Waals surface area contributed by atoms with Crippen molar-refractivity contribution in [1.82, 2.24) is 14.7 Å². The van der Waals surface area contributed by atoms with E-state index in [-0.39, 0.29) is 5.54 Å². The number of piperidine rings is 1. The van der Waals surface area contributed by atoms with E-state index in [9.17, 15) is 0 Å². The average Bonchev–Trinajstić information content (AvgIpc) is 2.29. The van der Waals surface area contributed by atoms with Gasteiger partial charge in [-0.05, 0) is 54.5 Å². The number of likely N-dealkylation sites (N-methyl/N-ethyl adjacent to an activating group) is 2. The summed E-state index contributed by atoms with van der Waals surface area (Å²) in [7, 11) is 8.69. The molecular weight excluding hydrogens is 212 g/mol. The predicted molar refractivity (Wildman–Crippen MR) is 74.3 cm³/mol. The maximum atomic E-state index is 6.08. The fourth-order valence-electron chi connectivity index (χ4n) is 2.69. The van der Waals surface area contributed by atoms with Crippen molar-refractivity contribution in [2.45, 2.75) is 31.3 Å². The van der Waals surface area contributed by atoms with Crippen LogP contribution in [-0.4, -0.2) is 80.7 Å². The highest BCUT2D eigenvalue weighted by atomic mass is 15.2. The van der Waals surface area contributed by atoms with Gasteiger partial charge in [-0.3, -0.25) is 4.90 Å². The minimum Gasteiger partial charge on any atom is -0.329 e. The van der Waals surface area contributed by atoms with Crippen LogP contribution in [-0.2, 0) is 0 Å². The molecule has 1 fully saturated rings. The molecule has 2 atom stereocenters. The minimum absolute atomic E-state index is 0.210. The molecule has 1 aliphatic rings. The maximum absolute atomic E-state index is 6.08. The molecule has 2 N–H and O–H groups in total. The second-order valence-corrected chi connectivity index (χ2v) is 5.94. The molecule has 4 nitrogen and oxygen atoms in total. The van der Waals surface area contributed by atoms with Gasteiger partial charge in [-0.15, -0.1) is 0 Å². The zero-order chi connectivity index (χ0) is 13.1. The van der Waals surface area contributed by atoms with Gasteiger partial charge in [-0.2, -0.15) is 0 Å². The second kappa shape index (κ2) is 6.14. The molecule has 1 rings (SSSR count). The summed E-state index contributed by atoms with van der Waals surface area (Å²) in [6.45, 7) is 6.44. The minimum atomic E-state index is 0.210. The van der Waals surface area contributed by atoms with E-state index in [4.69, 9.17) is 5.73 Å². The molecule has 0 radical (unpaired) electrons. The Balaban J connectivity index is 2.61. The number of nitrogens with two attached hydrogens (primary N) is 1. The zero-order valence-corrected chi connectivity index (χ0v) is 12.2. The van der Waals surface area contributed by atoms with E-state index in [0.717, 1.165) is 26.2 Å². The van der Waals surface area contributed by atoms with Crippen molar-refractivity contribution in [3.05, 3.63) is 0 Å². The molecule has 1 saturated heterocycles. The lowest BCUT2D eigenvalue weighted by Crippen LogP contribution is -2.60. The van der Waals surface area contributed by atoms with Crippen LogP contribution in [0.5, 0.6) is 0 Å². The van der Waals surface area contributed by atoms with E-state index in [0.29, 0.717) is 6.04 Å². The number of hydrogen-bond donors (Lipinski definition) is 1. The van der Waals surface area contributed by atoms with E-state index in [2.05, 4.69) is 49.8 Å². The normalized spacial score (nSPS) is 31.4. The topological polar surface area (TPSA) is 35.7 Å². The molecule has 0 amide bonds. The molecule has 1 heterocycles. The van der Waals surface area contributed by atoms with E-state index in [1.54, 1.807) is 0 Å². The average molecular weight is 242 g/mol. The van der Waals surface area contributed by atoms with Crippen molar-refractivity contribution in [3.8, 4) is 0 Å². The Bertz CT molecular complexity index is 231. The van der Waals surface area contributed by atoms with E-state index >= 15 is 0 Å². The molecule has 0 spiro atoms. The van der Waals surface area contributed by atoms with Crippen LogP contribution in [0.3, 0.4) is 0 Å². The number of hydrogen-bond acceptors (Lipinski definition) is 4. The summed E-state index contributed by atoms with van der Waals surface area (Å²) in [4.78, 5) is 7.16. The Hall–Kier alpha value is -0.160. The standard InChI is InChI=1S/C13H30N4/c1-12-10-13(11-14,6-7-16(12)4)17(5)9-8-15(2)3/h12H,6-11,14H2,1-5H3. The number of likely N-dealkylation sites (tertiary alicyclic amines) is 1. The van der Waals surface area contributed by atoms with Gasteiger partial charge in [0.2, 0.25) is 0 Å². The summed E-state index contributed by atoms with van der Waals surface area (Å²) in [6, 6.07) is 0.633. The lowest BCUT2D eigenvalue weighted by molar-refractivity contribution is 0.0240. The molecule has 0 aromatic rings. The second-order valence-electron chi connectivity index (χ2n) is 5.94. The predicted octanol–water partition coefficient (Wildman–Crippen LogP) is 0.291. The largest absolute Gasteiger partial charge is 0.329 e. The molecule has 0 saturated carbocycles. The summed E-state index contributed by atoms with van der Waals surface area (Å²) < 4.78 is 0. The quantitative estimate of drug-likeness (QED) is 0.752. The molecule has 102 valence electrons. The van der Waals surface area contributed by atoms with Crippen LogP contribution in [0.2, 0.25) is 0 Å². The monoisotopic (exact) mass is 242 g/mol. The van der Waals surface area contributed by atoms with Gasteiger partial charge in [0, 0.05) is 31.2 Å². The first kappa shape index (κ1) is 14.9. The van der Waals surface area contributed by atoms with Gasteiger partial charge in [0.15, 0.2) is 0 Å². The van der Waals surface area contributed by atoms with Crippen LogP contribution in [0.25, 0.3) is 0 Å². The highest BCUT2D eigenvalue weighted by Gasteiger charge is 2.38. The van der Waals surface area contributed by atoms with Gasteiger partial charge in [0.1, 0.15) is 0 Å². The smallest absolute Gasteiger partial charge is 0.0356 e. The zero-order valence-electron chi connectivity index (χ0n) is 12.2. The van der Waals surface area contributed by atoms with E-state index < -0.39 is 0 Å². The Morgan fingerprint density at radius 2 is 1.94 bits per heavy atom. The molecule has 17 heavy (non-hydrogen) atoms. The molecule has 1 aliphatic heterocycles. The third-order valence-corrected chi connectivity index (χ3v) is 4.43. The van der Waals surface area contributed by atoms with Crippen LogP contribution in [0, 0.1) is 0 Å². The van der Waals surface area contributed by atoms with E-state index in [1.807, 2.05) is 0 Å². The number of nitrogens with zero attached hydrogens (tertiary/aromatic N) is 3. The van der Waals surface area contributed by atoms with Crippen molar-refractivity contribution in [1.29, 1.82) is 0 Å².